The van der Waals surface area contributed by atoms with E-state index in [1.807, 2.05) is 0 Å². The van der Waals surface area contributed by atoms with Gasteiger partial charge in [0.2, 0.25) is 0 Å². The number of carbonyl (C=O) groups is 3. The van der Waals surface area contributed by atoms with Gasteiger partial charge in [-0.2, -0.15) is 0 Å². The second kappa shape index (κ2) is 9.09. The molecular weight excluding hydrogens is 292 g/mol. The molecule has 0 spiro atoms. The number of unbranched alkanes of at least 4 members (excludes halogenated alkanes) is 3. The van der Waals surface area contributed by atoms with E-state index in [4.69, 9.17) is 5.11 Å². The molecule has 23 heavy (non-hydrogen) atoms. The van der Waals surface area contributed by atoms with Crippen molar-refractivity contribution in [3.63, 3.8) is 0 Å². The number of carboxylic acid groups (broad SMARTS) is 1. The maximum Gasteiger partial charge on any atom is 0.303 e. The zero-order valence-corrected chi connectivity index (χ0v) is 14.1. The predicted octanol–water partition coefficient (Wildman–Crippen LogP) is 3.61. The first-order chi connectivity index (χ1) is 10.9. The molecule has 0 unspecified atom stereocenters. The SMILES string of the molecule is CC1=C(C)C(=O)C(CCCCC#CCCCC(=O)O)=C(C)C1=O. The average Bonchev–Trinajstić information content (AvgIpc) is 2.52. The van der Waals surface area contributed by atoms with Crippen molar-refractivity contribution in [3.8, 4) is 11.8 Å². The first kappa shape index (κ1) is 18.9. The number of carboxylic acids is 1. The van der Waals surface area contributed by atoms with Gasteiger partial charge in [-0.15, -0.1) is 11.8 Å². The van der Waals surface area contributed by atoms with Gasteiger partial charge < -0.3 is 5.11 Å². The molecule has 0 bridgehead atoms. The number of ketones is 2. The Morgan fingerprint density at radius 3 is 2.04 bits per heavy atom. The molecule has 1 rings (SSSR count). The largest absolute Gasteiger partial charge is 0.481 e. The van der Waals surface area contributed by atoms with Gasteiger partial charge in [0.1, 0.15) is 0 Å². The summed E-state index contributed by atoms with van der Waals surface area (Å²) in [5.74, 6) is 5.18. The molecule has 0 radical (unpaired) electrons. The number of hydrogen-bond acceptors (Lipinski definition) is 3. The minimum Gasteiger partial charge on any atom is -0.481 e. The van der Waals surface area contributed by atoms with Crippen LogP contribution in [0.15, 0.2) is 22.3 Å². The summed E-state index contributed by atoms with van der Waals surface area (Å²) in [5, 5.41) is 8.50. The van der Waals surface area contributed by atoms with Crippen molar-refractivity contribution in [2.45, 2.75) is 65.7 Å². The Morgan fingerprint density at radius 2 is 1.43 bits per heavy atom. The van der Waals surface area contributed by atoms with Crippen LogP contribution in [0.5, 0.6) is 0 Å². The first-order valence-electron chi connectivity index (χ1n) is 8.00. The van der Waals surface area contributed by atoms with Crippen LogP contribution in [0.2, 0.25) is 0 Å². The molecule has 0 saturated carbocycles. The normalized spacial score (nSPS) is 14.9. The zero-order chi connectivity index (χ0) is 17.4. The monoisotopic (exact) mass is 316 g/mol. The van der Waals surface area contributed by atoms with E-state index in [0.717, 1.165) is 19.3 Å². The molecule has 1 aliphatic rings. The summed E-state index contributed by atoms with van der Waals surface area (Å²) in [5.41, 5.74) is 2.35. The van der Waals surface area contributed by atoms with Crippen LogP contribution in [-0.4, -0.2) is 22.6 Å². The van der Waals surface area contributed by atoms with Gasteiger partial charge in [-0.3, -0.25) is 14.4 Å². The summed E-state index contributed by atoms with van der Waals surface area (Å²) in [6.07, 6.45) is 4.37. The number of Topliss-reactive ketones (excluding diaryl/α,β-unsaturated/α-hetero) is 2. The lowest BCUT2D eigenvalue weighted by atomic mass is 9.84. The lowest BCUT2D eigenvalue weighted by molar-refractivity contribution is -0.137. The van der Waals surface area contributed by atoms with Gasteiger partial charge >= 0.3 is 5.97 Å². The Hall–Kier alpha value is -2.15. The molecule has 1 N–H and O–H groups in total. The summed E-state index contributed by atoms with van der Waals surface area (Å²) in [4.78, 5) is 34.6. The fourth-order valence-electron chi connectivity index (χ4n) is 2.48. The molecule has 0 saturated heterocycles. The Balaban J connectivity index is 2.36. The molecule has 0 fully saturated rings. The molecule has 0 amide bonds. The Labute approximate surface area is 137 Å². The molecule has 0 aromatic rings. The highest BCUT2D eigenvalue weighted by atomic mass is 16.4. The Bertz CT molecular complexity index is 623. The topological polar surface area (TPSA) is 71.4 Å². The van der Waals surface area contributed by atoms with Crippen molar-refractivity contribution in [2.24, 2.45) is 0 Å². The second-order valence-electron chi connectivity index (χ2n) is 5.82. The molecule has 4 nitrogen and oxygen atoms in total. The van der Waals surface area contributed by atoms with Crippen molar-refractivity contribution in [1.82, 2.24) is 0 Å². The molecule has 0 atom stereocenters. The molecule has 0 heterocycles. The third kappa shape index (κ3) is 5.52. The van der Waals surface area contributed by atoms with E-state index in [-0.39, 0.29) is 18.0 Å². The van der Waals surface area contributed by atoms with Crippen LogP contribution in [0, 0.1) is 11.8 Å². The summed E-state index contributed by atoms with van der Waals surface area (Å²) < 4.78 is 0. The lowest BCUT2D eigenvalue weighted by Crippen LogP contribution is -2.20. The van der Waals surface area contributed by atoms with Gasteiger partial charge in [-0.05, 0) is 46.5 Å². The molecular formula is C19H24O4. The van der Waals surface area contributed by atoms with E-state index in [0.29, 0.717) is 41.6 Å². The van der Waals surface area contributed by atoms with Crippen LogP contribution in [0.25, 0.3) is 0 Å². The highest BCUT2D eigenvalue weighted by Crippen LogP contribution is 2.27. The highest BCUT2D eigenvalue weighted by Gasteiger charge is 2.26. The number of aliphatic carboxylic acids is 1. The number of hydrogen-bond donors (Lipinski definition) is 1. The van der Waals surface area contributed by atoms with E-state index < -0.39 is 5.97 Å². The first-order valence-corrected chi connectivity index (χ1v) is 8.00. The van der Waals surface area contributed by atoms with E-state index in [1.54, 1.807) is 20.8 Å². The number of rotatable bonds is 7. The van der Waals surface area contributed by atoms with Crippen LogP contribution < -0.4 is 0 Å². The van der Waals surface area contributed by atoms with Crippen LogP contribution in [-0.2, 0) is 14.4 Å². The van der Waals surface area contributed by atoms with Gasteiger partial charge in [0, 0.05) is 41.6 Å². The minimum atomic E-state index is -0.790. The summed E-state index contributed by atoms with van der Waals surface area (Å²) >= 11 is 0. The second-order valence-corrected chi connectivity index (χ2v) is 5.82. The van der Waals surface area contributed by atoms with Crippen molar-refractivity contribution in [2.75, 3.05) is 0 Å². The quantitative estimate of drug-likeness (QED) is 0.442. The lowest BCUT2D eigenvalue weighted by Gasteiger charge is -2.18. The van der Waals surface area contributed by atoms with Crippen molar-refractivity contribution in [3.05, 3.63) is 22.3 Å². The minimum absolute atomic E-state index is 0.000597. The fourth-order valence-corrected chi connectivity index (χ4v) is 2.48. The van der Waals surface area contributed by atoms with Crippen LogP contribution in [0.1, 0.15) is 65.7 Å². The van der Waals surface area contributed by atoms with Gasteiger partial charge in [-0.25, -0.2) is 0 Å². The molecule has 1 aliphatic carbocycles. The van der Waals surface area contributed by atoms with E-state index in [9.17, 15) is 14.4 Å². The standard InChI is InChI=1S/C19H24O4/c1-13-14(2)19(23)16(15(3)18(13)22)11-9-7-5-4-6-8-10-12-17(20)21/h5,7-12H2,1-3H3,(H,20,21). The third-order valence-corrected chi connectivity index (χ3v) is 4.11. The Morgan fingerprint density at radius 1 is 0.870 bits per heavy atom. The molecule has 0 aromatic heterocycles. The van der Waals surface area contributed by atoms with Crippen molar-refractivity contribution < 1.29 is 19.5 Å². The third-order valence-electron chi connectivity index (χ3n) is 4.11. The van der Waals surface area contributed by atoms with Crippen LogP contribution in [0.3, 0.4) is 0 Å². The average molecular weight is 316 g/mol. The predicted molar refractivity (Wildman–Crippen MR) is 88.8 cm³/mol. The zero-order valence-electron chi connectivity index (χ0n) is 14.1. The van der Waals surface area contributed by atoms with Crippen LogP contribution >= 0.6 is 0 Å². The van der Waals surface area contributed by atoms with Crippen LogP contribution in [0.4, 0.5) is 0 Å². The highest BCUT2D eigenvalue weighted by molar-refractivity contribution is 6.24. The molecule has 0 aromatic carbocycles. The molecule has 124 valence electrons. The van der Waals surface area contributed by atoms with E-state index in [2.05, 4.69) is 11.8 Å². The van der Waals surface area contributed by atoms with Crippen molar-refractivity contribution >= 4 is 17.5 Å². The van der Waals surface area contributed by atoms with E-state index >= 15 is 0 Å². The number of allylic oxidation sites excluding steroid dienone is 4. The summed E-state index contributed by atoms with van der Waals surface area (Å²) in [6, 6.07) is 0. The van der Waals surface area contributed by atoms with Gasteiger partial charge in [0.05, 0.1) is 0 Å². The number of carbonyl (C=O) groups excluding carboxylic acids is 2. The van der Waals surface area contributed by atoms with Crippen molar-refractivity contribution in [1.29, 1.82) is 0 Å². The fraction of sp³-hybridized carbons (Fsp3) is 0.526. The molecule has 4 heteroatoms. The maximum absolute atomic E-state index is 12.2. The summed E-state index contributed by atoms with van der Waals surface area (Å²) in [7, 11) is 0. The maximum atomic E-state index is 12.2. The van der Waals surface area contributed by atoms with Gasteiger partial charge in [-0.1, -0.05) is 0 Å². The van der Waals surface area contributed by atoms with Gasteiger partial charge in [0.15, 0.2) is 11.6 Å². The molecule has 0 aliphatic heterocycles. The smallest absolute Gasteiger partial charge is 0.303 e. The Kier molecular flexibility index (Phi) is 7.47. The summed E-state index contributed by atoms with van der Waals surface area (Å²) in [6.45, 7) is 5.15. The van der Waals surface area contributed by atoms with Gasteiger partial charge in [0.25, 0.3) is 0 Å². The van der Waals surface area contributed by atoms with E-state index in [1.165, 1.54) is 0 Å².